The van der Waals surface area contributed by atoms with Gasteiger partial charge in [0.2, 0.25) is 10.0 Å². The van der Waals surface area contributed by atoms with E-state index in [9.17, 15) is 18.3 Å². The van der Waals surface area contributed by atoms with Crippen LogP contribution in [-0.4, -0.2) is 46.5 Å². The molecule has 0 unspecified atom stereocenters. The molecule has 3 N–H and O–H groups in total. The Morgan fingerprint density at radius 1 is 0.860 bits per heavy atom. The van der Waals surface area contributed by atoms with E-state index in [-0.39, 0.29) is 34.9 Å². The highest BCUT2D eigenvalue weighted by Gasteiger charge is 2.52. The molecule has 4 rings (SSSR count). The van der Waals surface area contributed by atoms with Crippen LogP contribution in [0.1, 0.15) is 72.1 Å². The molecule has 3 aromatic carbocycles. The zero-order valence-corrected chi connectivity index (χ0v) is 27.4. The van der Waals surface area contributed by atoms with E-state index in [1.807, 2.05) is 36.4 Å². The number of hydrogen-bond donors (Lipinski definition) is 3. The topological polar surface area (TPSA) is 105 Å². The second kappa shape index (κ2) is 14.8. The zero-order chi connectivity index (χ0) is 30.9. The first-order valence-electron chi connectivity index (χ1n) is 15.4. The van der Waals surface area contributed by atoms with Gasteiger partial charge in [0.25, 0.3) is 14.2 Å². The molecule has 1 aliphatic carbocycles. The summed E-state index contributed by atoms with van der Waals surface area (Å²) in [5.41, 5.74) is 0.462. The molecule has 3 aromatic rings. The number of amides is 1. The maximum absolute atomic E-state index is 13.7. The van der Waals surface area contributed by atoms with Gasteiger partial charge in [-0.2, -0.15) is 0 Å². The number of anilines is 1. The molecule has 0 radical (unpaired) electrons. The van der Waals surface area contributed by atoms with E-state index >= 15 is 0 Å². The third-order valence-electron chi connectivity index (χ3n) is 8.28. The Hall–Kier alpha value is -2.82. The number of nitrogens with one attached hydrogen (secondary N) is 2. The van der Waals surface area contributed by atoms with Crippen LogP contribution in [0.5, 0.6) is 0 Å². The number of hydrogen-bond acceptors (Lipinski definition) is 5. The molecule has 7 nitrogen and oxygen atoms in total. The summed E-state index contributed by atoms with van der Waals surface area (Å²) in [4.78, 5) is 13.9. The largest absolute Gasteiger partial charge is 0.396 e. The van der Waals surface area contributed by atoms with E-state index in [4.69, 9.17) is 4.43 Å². The fourth-order valence-electron chi connectivity index (χ4n) is 6.07. The molecular weight excluding hydrogens is 577 g/mol. The van der Waals surface area contributed by atoms with E-state index in [2.05, 4.69) is 55.1 Å². The summed E-state index contributed by atoms with van der Waals surface area (Å²) in [7, 11) is -6.73. The van der Waals surface area contributed by atoms with Crippen LogP contribution in [0, 0.1) is 0 Å². The first-order valence-corrected chi connectivity index (χ1v) is 18.8. The van der Waals surface area contributed by atoms with Crippen LogP contribution < -0.4 is 20.4 Å². The zero-order valence-electron chi connectivity index (χ0n) is 25.6. The van der Waals surface area contributed by atoms with Gasteiger partial charge < -0.3 is 14.8 Å². The lowest BCUT2D eigenvalue weighted by Crippen LogP contribution is -2.68. The lowest BCUT2D eigenvalue weighted by molar-refractivity contribution is -0.123. The fourth-order valence-corrected chi connectivity index (χ4v) is 12.0. The average molecular weight is 623 g/mol. The van der Waals surface area contributed by atoms with Crippen LogP contribution in [0.25, 0.3) is 0 Å². The minimum absolute atomic E-state index is 0.0532. The lowest BCUT2D eigenvalue weighted by atomic mass is 9.97. The number of sulfonamides is 1. The second-order valence-corrected chi connectivity index (χ2v) is 18.4. The molecule has 0 heterocycles. The van der Waals surface area contributed by atoms with Gasteiger partial charge >= 0.3 is 0 Å². The van der Waals surface area contributed by atoms with Crippen LogP contribution in [0.3, 0.4) is 0 Å². The van der Waals surface area contributed by atoms with Gasteiger partial charge in [0, 0.05) is 24.8 Å². The van der Waals surface area contributed by atoms with Crippen molar-refractivity contribution in [1.29, 1.82) is 0 Å². The molecule has 43 heavy (non-hydrogen) atoms. The monoisotopic (exact) mass is 622 g/mol. The van der Waals surface area contributed by atoms with E-state index in [1.165, 1.54) is 18.6 Å². The molecule has 0 saturated heterocycles. The number of rotatable bonds is 11. The Balaban J connectivity index is 1.56. The normalized spacial score (nSPS) is 16.2. The van der Waals surface area contributed by atoms with Crippen molar-refractivity contribution in [2.24, 2.45) is 0 Å². The van der Waals surface area contributed by atoms with Crippen molar-refractivity contribution in [2.45, 2.75) is 94.2 Å². The standard InChI is InChI=1S/C34H46N2O5SSi/c1-34(2,3)43(30-17-11-7-12-18-30,31-19-13-8-14-20-31)41-32(25-26-37)33(38)35-27-21-23-29(24-22-27)42(39,40)36-28-15-9-5-4-6-10-16-28/h7-8,11-14,17-24,28,32,36-37H,4-6,9-10,15-16,25-26H2,1-3H3,(H,35,38)/t32-/m1/s1. The van der Waals surface area contributed by atoms with Gasteiger partial charge in [0.1, 0.15) is 6.10 Å². The van der Waals surface area contributed by atoms with Gasteiger partial charge in [0.05, 0.1) is 4.90 Å². The number of aliphatic hydroxyl groups excluding tert-OH is 1. The van der Waals surface area contributed by atoms with E-state index in [1.54, 1.807) is 12.1 Å². The smallest absolute Gasteiger partial charge is 0.262 e. The lowest BCUT2D eigenvalue weighted by Gasteiger charge is -2.44. The minimum Gasteiger partial charge on any atom is -0.396 e. The highest BCUT2D eigenvalue weighted by molar-refractivity contribution is 7.89. The summed E-state index contributed by atoms with van der Waals surface area (Å²) in [5.74, 6) is -0.384. The van der Waals surface area contributed by atoms with Gasteiger partial charge in [-0.15, -0.1) is 0 Å². The molecule has 1 saturated carbocycles. The molecule has 1 aliphatic rings. The van der Waals surface area contributed by atoms with Gasteiger partial charge in [-0.25, -0.2) is 13.1 Å². The summed E-state index contributed by atoms with van der Waals surface area (Å²) in [6.07, 6.45) is 6.46. The fraction of sp³-hybridized carbons (Fsp3) is 0.441. The van der Waals surface area contributed by atoms with Gasteiger partial charge in [0.15, 0.2) is 0 Å². The molecule has 9 heteroatoms. The Morgan fingerprint density at radius 2 is 1.37 bits per heavy atom. The van der Waals surface area contributed by atoms with Crippen LogP contribution in [0.4, 0.5) is 5.69 Å². The van der Waals surface area contributed by atoms with Crippen molar-refractivity contribution in [3.8, 4) is 0 Å². The Labute approximate surface area is 258 Å². The number of carbonyl (C=O) groups is 1. The summed E-state index contributed by atoms with van der Waals surface area (Å²) in [6.45, 7) is 6.19. The maximum atomic E-state index is 13.7. The van der Waals surface area contributed by atoms with Crippen LogP contribution in [-0.2, 0) is 19.2 Å². The third-order valence-corrected chi connectivity index (χ3v) is 14.9. The molecule has 0 aliphatic heterocycles. The summed E-state index contributed by atoms with van der Waals surface area (Å²) in [6, 6.07) is 26.3. The Kier molecular flexibility index (Phi) is 11.4. The molecule has 1 atom stereocenters. The molecule has 0 aromatic heterocycles. The number of carbonyl (C=O) groups excluding carboxylic acids is 1. The Morgan fingerprint density at radius 3 is 1.86 bits per heavy atom. The van der Waals surface area contributed by atoms with E-state index in [0.29, 0.717) is 5.69 Å². The summed E-state index contributed by atoms with van der Waals surface area (Å²) < 4.78 is 36.1. The third kappa shape index (κ3) is 8.22. The molecule has 0 spiro atoms. The highest BCUT2D eigenvalue weighted by Crippen LogP contribution is 2.38. The molecule has 232 valence electrons. The minimum atomic E-state index is -3.67. The van der Waals surface area contributed by atoms with Crippen molar-refractivity contribution in [2.75, 3.05) is 11.9 Å². The average Bonchev–Trinajstić information content (AvgIpc) is 2.97. The quantitative estimate of drug-likeness (QED) is 0.250. The maximum Gasteiger partial charge on any atom is 0.262 e. The molecule has 1 amide bonds. The predicted octanol–water partition coefficient (Wildman–Crippen LogP) is 5.34. The van der Waals surface area contributed by atoms with Crippen LogP contribution in [0.15, 0.2) is 89.8 Å². The predicted molar refractivity (Wildman–Crippen MR) is 176 cm³/mol. The van der Waals surface area contributed by atoms with E-state index in [0.717, 1.165) is 48.9 Å². The highest BCUT2D eigenvalue weighted by atomic mass is 32.2. The van der Waals surface area contributed by atoms with Gasteiger partial charge in [-0.05, 0) is 52.5 Å². The van der Waals surface area contributed by atoms with Gasteiger partial charge in [-0.3, -0.25) is 4.79 Å². The number of benzene rings is 3. The van der Waals surface area contributed by atoms with Crippen LogP contribution in [0.2, 0.25) is 5.04 Å². The van der Waals surface area contributed by atoms with Gasteiger partial charge in [-0.1, -0.05) is 114 Å². The number of aliphatic hydroxyl groups is 1. The first-order chi connectivity index (χ1) is 20.6. The molecular formula is C34H46N2O5SSi. The molecule has 1 fully saturated rings. The van der Waals surface area contributed by atoms with E-state index < -0.39 is 24.4 Å². The Bertz CT molecular complexity index is 1360. The van der Waals surface area contributed by atoms with Crippen molar-refractivity contribution in [3.05, 3.63) is 84.9 Å². The molecule has 0 bridgehead atoms. The second-order valence-electron chi connectivity index (χ2n) is 12.5. The summed E-state index contributed by atoms with van der Waals surface area (Å²) >= 11 is 0. The van der Waals surface area contributed by atoms with Crippen molar-refractivity contribution in [1.82, 2.24) is 4.72 Å². The van der Waals surface area contributed by atoms with Crippen molar-refractivity contribution < 1.29 is 22.7 Å². The first kappa shape index (κ1) is 33.1. The van der Waals surface area contributed by atoms with Crippen LogP contribution >= 0.6 is 0 Å². The van der Waals surface area contributed by atoms with Crippen molar-refractivity contribution in [3.63, 3.8) is 0 Å². The summed E-state index contributed by atoms with van der Waals surface area (Å²) in [5, 5.41) is 14.6. The SMILES string of the molecule is CC(C)(C)[Si](O[C@H](CCO)C(=O)Nc1ccc(S(=O)(=O)NC2CCCCCCC2)cc1)(c1ccccc1)c1ccccc1. The van der Waals surface area contributed by atoms with Crippen molar-refractivity contribution >= 4 is 40.3 Å².